The number of anilines is 1. The van der Waals surface area contributed by atoms with Gasteiger partial charge in [0.15, 0.2) is 11.5 Å². The number of carbonyl (C=O) groups excluding carboxylic acids is 3. The fraction of sp³-hybridized carbons (Fsp3) is 0.0800. The molecule has 0 saturated carbocycles. The van der Waals surface area contributed by atoms with Crippen molar-refractivity contribution in [1.82, 2.24) is 5.32 Å². The molecule has 0 unspecified atom stereocenters. The van der Waals surface area contributed by atoms with Crippen LogP contribution in [-0.2, 0) is 16.2 Å². The maximum Gasteiger partial charge on any atom is 0.335 e. The summed E-state index contributed by atoms with van der Waals surface area (Å²) in [6.07, 6.45) is 1.42. The summed E-state index contributed by atoms with van der Waals surface area (Å²) in [5, 5.41) is 2.66. The van der Waals surface area contributed by atoms with Crippen molar-refractivity contribution in [1.29, 1.82) is 0 Å². The van der Waals surface area contributed by atoms with Crippen LogP contribution < -0.4 is 19.7 Å². The Bertz CT molecular complexity index is 1290. The van der Waals surface area contributed by atoms with Gasteiger partial charge in [-0.25, -0.2) is 9.69 Å². The summed E-state index contributed by atoms with van der Waals surface area (Å²) in [7, 11) is 1.51. The molecule has 7 nitrogen and oxygen atoms in total. The number of hydrogen-bond donors (Lipinski definition) is 1. The minimum Gasteiger partial charge on any atom is -0.493 e. The molecule has 1 saturated heterocycles. The third kappa shape index (κ3) is 5.07. The first-order chi connectivity index (χ1) is 16.4. The highest BCUT2D eigenvalue weighted by Gasteiger charge is 2.36. The normalized spacial score (nSPS) is 14.9. The number of methoxy groups -OCH3 is 1. The van der Waals surface area contributed by atoms with Crippen molar-refractivity contribution in [2.24, 2.45) is 0 Å². The van der Waals surface area contributed by atoms with E-state index in [0.29, 0.717) is 34.4 Å². The van der Waals surface area contributed by atoms with Crippen molar-refractivity contribution >= 4 is 63.8 Å². The van der Waals surface area contributed by atoms with Gasteiger partial charge in [0, 0.05) is 5.02 Å². The highest BCUT2D eigenvalue weighted by molar-refractivity contribution is 14.1. The van der Waals surface area contributed by atoms with Gasteiger partial charge in [0.05, 0.1) is 16.4 Å². The number of nitrogens with one attached hydrogen (secondary N) is 1. The summed E-state index contributed by atoms with van der Waals surface area (Å²) in [5.41, 5.74) is 1.65. The lowest BCUT2D eigenvalue weighted by Gasteiger charge is -2.26. The third-order valence-corrected chi connectivity index (χ3v) is 6.03. The van der Waals surface area contributed by atoms with Crippen LogP contribution in [0.15, 0.2) is 72.3 Å². The van der Waals surface area contributed by atoms with Crippen LogP contribution in [0.25, 0.3) is 6.08 Å². The van der Waals surface area contributed by atoms with Crippen LogP contribution in [-0.4, -0.2) is 25.0 Å². The molecule has 9 heteroatoms. The zero-order valence-corrected chi connectivity index (χ0v) is 20.8. The summed E-state index contributed by atoms with van der Waals surface area (Å²) in [6.45, 7) is 0.354. The molecule has 0 aliphatic carbocycles. The molecule has 172 valence electrons. The number of nitrogens with zero attached hydrogens (tertiary/aromatic N) is 1. The molecule has 4 amide bonds. The summed E-state index contributed by atoms with van der Waals surface area (Å²) in [6, 6.07) is 18.5. The van der Waals surface area contributed by atoms with E-state index in [1.165, 1.54) is 25.3 Å². The number of barbiturate groups is 1. The Kier molecular flexibility index (Phi) is 7.18. The maximum absolute atomic E-state index is 13.1. The Morgan fingerprint density at radius 1 is 1.03 bits per heavy atom. The van der Waals surface area contributed by atoms with Gasteiger partial charge in [0.2, 0.25) is 0 Å². The van der Waals surface area contributed by atoms with Crippen LogP contribution in [0.4, 0.5) is 10.5 Å². The molecular weight excluding hydrogens is 571 g/mol. The van der Waals surface area contributed by atoms with Crippen LogP contribution in [0.2, 0.25) is 5.02 Å². The molecule has 1 aliphatic heterocycles. The number of ether oxygens (including phenoxy) is 2. The van der Waals surface area contributed by atoms with Gasteiger partial charge in [0.25, 0.3) is 11.8 Å². The lowest BCUT2D eigenvalue weighted by Crippen LogP contribution is -2.54. The fourth-order valence-corrected chi connectivity index (χ4v) is 4.25. The average Bonchev–Trinajstić information content (AvgIpc) is 2.82. The molecule has 1 heterocycles. The molecule has 0 radical (unpaired) electrons. The smallest absolute Gasteiger partial charge is 0.335 e. The molecule has 3 aromatic rings. The van der Waals surface area contributed by atoms with Crippen molar-refractivity contribution in [3.63, 3.8) is 0 Å². The summed E-state index contributed by atoms with van der Waals surface area (Å²) < 4.78 is 12.2. The number of carbonyl (C=O) groups is 3. The topological polar surface area (TPSA) is 84.9 Å². The first-order valence-electron chi connectivity index (χ1n) is 10.1. The van der Waals surface area contributed by atoms with E-state index in [0.717, 1.165) is 14.0 Å². The maximum atomic E-state index is 13.1. The lowest BCUT2D eigenvalue weighted by atomic mass is 10.1. The third-order valence-electron chi connectivity index (χ3n) is 4.98. The van der Waals surface area contributed by atoms with E-state index in [2.05, 4.69) is 27.9 Å². The predicted molar refractivity (Wildman–Crippen MR) is 137 cm³/mol. The monoisotopic (exact) mass is 588 g/mol. The van der Waals surface area contributed by atoms with Gasteiger partial charge >= 0.3 is 6.03 Å². The SMILES string of the molecule is COc1cc(/C=C2\C(=O)NC(=O)N(c3ccc(Cl)cc3)C2=O)cc(I)c1OCc1ccccc1. The highest BCUT2D eigenvalue weighted by Crippen LogP contribution is 2.35. The van der Waals surface area contributed by atoms with Gasteiger partial charge in [-0.3, -0.25) is 14.9 Å². The molecule has 1 N–H and O–H groups in total. The second kappa shape index (κ2) is 10.3. The molecule has 3 aromatic carbocycles. The van der Waals surface area contributed by atoms with Crippen LogP contribution in [0.3, 0.4) is 0 Å². The zero-order valence-electron chi connectivity index (χ0n) is 17.9. The van der Waals surface area contributed by atoms with Crippen LogP contribution >= 0.6 is 34.2 Å². The molecule has 1 fully saturated rings. The Balaban J connectivity index is 1.64. The van der Waals surface area contributed by atoms with Crippen molar-refractivity contribution in [2.75, 3.05) is 12.0 Å². The van der Waals surface area contributed by atoms with E-state index in [1.807, 2.05) is 30.3 Å². The Hall–Kier alpha value is -3.37. The van der Waals surface area contributed by atoms with Crippen LogP contribution in [0.5, 0.6) is 11.5 Å². The molecule has 0 aromatic heterocycles. The van der Waals surface area contributed by atoms with E-state index in [1.54, 1.807) is 24.3 Å². The molecule has 0 spiro atoms. The quantitative estimate of drug-likeness (QED) is 0.243. The largest absolute Gasteiger partial charge is 0.493 e. The van der Waals surface area contributed by atoms with E-state index >= 15 is 0 Å². The van der Waals surface area contributed by atoms with Crippen molar-refractivity contribution in [3.05, 3.63) is 92.0 Å². The number of halogens is 2. The predicted octanol–water partition coefficient (Wildman–Crippen LogP) is 5.20. The number of rotatable bonds is 6. The van der Waals surface area contributed by atoms with Crippen molar-refractivity contribution < 1.29 is 23.9 Å². The van der Waals surface area contributed by atoms with E-state index in [9.17, 15) is 14.4 Å². The van der Waals surface area contributed by atoms with Gasteiger partial charge in [-0.05, 0) is 76.2 Å². The standard InChI is InChI=1S/C25H18ClIN2O5/c1-33-21-13-16(12-20(27)22(21)34-14-15-5-3-2-4-6-15)11-19-23(30)28-25(32)29(24(19)31)18-9-7-17(26)8-10-18/h2-13H,14H2,1H3,(H,28,30,32)/b19-11+. The molecular formula is C25H18ClIN2O5. The van der Waals surface area contributed by atoms with Gasteiger partial charge in [0.1, 0.15) is 12.2 Å². The highest BCUT2D eigenvalue weighted by atomic mass is 127. The number of hydrogen-bond acceptors (Lipinski definition) is 5. The van der Waals surface area contributed by atoms with Gasteiger partial charge in [-0.2, -0.15) is 0 Å². The Morgan fingerprint density at radius 3 is 2.41 bits per heavy atom. The molecule has 0 bridgehead atoms. The molecule has 1 aliphatic rings. The second-order valence-electron chi connectivity index (χ2n) is 7.24. The Labute approximate surface area is 214 Å². The fourth-order valence-electron chi connectivity index (χ4n) is 3.34. The molecule has 0 atom stereocenters. The second-order valence-corrected chi connectivity index (χ2v) is 8.84. The van der Waals surface area contributed by atoms with E-state index in [-0.39, 0.29) is 5.57 Å². The van der Waals surface area contributed by atoms with Gasteiger partial charge in [-0.1, -0.05) is 41.9 Å². The molecule has 4 rings (SSSR count). The number of imide groups is 2. The summed E-state index contributed by atoms with van der Waals surface area (Å²) >= 11 is 8.01. The zero-order chi connectivity index (χ0) is 24.2. The van der Waals surface area contributed by atoms with Gasteiger partial charge in [-0.15, -0.1) is 0 Å². The first-order valence-corrected chi connectivity index (χ1v) is 11.5. The van der Waals surface area contributed by atoms with E-state index in [4.69, 9.17) is 21.1 Å². The minimum absolute atomic E-state index is 0.189. The van der Waals surface area contributed by atoms with Crippen molar-refractivity contribution in [2.45, 2.75) is 6.61 Å². The summed E-state index contributed by atoms with van der Waals surface area (Å²) in [5.74, 6) is -0.525. The van der Waals surface area contributed by atoms with Gasteiger partial charge < -0.3 is 9.47 Å². The Morgan fingerprint density at radius 2 is 1.74 bits per heavy atom. The van der Waals surface area contributed by atoms with Crippen LogP contribution in [0, 0.1) is 3.57 Å². The molecule has 34 heavy (non-hydrogen) atoms. The number of urea groups is 1. The number of amides is 4. The van der Waals surface area contributed by atoms with Crippen LogP contribution in [0.1, 0.15) is 11.1 Å². The number of benzene rings is 3. The van der Waals surface area contributed by atoms with E-state index < -0.39 is 17.8 Å². The minimum atomic E-state index is -0.828. The summed E-state index contributed by atoms with van der Waals surface area (Å²) in [4.78, 5) is 38.8. The lowest BCUT2D eigenvalue weighted by molar-refractivity contribution is -0.122. The first kappa shape index (κ1) is 23.8. The van der Waals surface area contributed by atoms with Crippen molar-refractivity contribution in [3.8, 4) is 11.5 Å². The average molecular weight is 589 g/mol.